The first-order chi connectivity index (χ1) is 27.3. The zero-order valence-electron chi connectivity index (χ0n) is 32.7. The molecule has 5 rings (SSSR count). The van der Waals surface area contributed by atoms with Gasteiger partial charge in [-0.1, -0.05) is 90.5 Å². The van der Waals surface area contributed by atoms with Crippen molar-refractivity contribution in [1.29, 1.82) is 0 Å². The predicted octanol–water partition coefficient (Wildman–Crippen LogP) is 8.20. The maximum Gasteiger partial charge on any atom is 0.326 e. The molecular formula is C44H50BrN3O8S. The van der Waals surface area contributed by atoms with Crippen LogP contribution in [0, 0.1) is 0 Å². The van der Waals surface area contributed by atoms with Gasteiger partial charge in [-0.25, -0.2) is 4.79 Å². The van der Waals surface area contributed by atoms with Crippen LogP contribution in [0.1, 0.15) is 77.3 Å². The van der Waals surface area contributed by atoms with Crippen molar-refractivity contribution in [1.82, 2.24) is 5.32 Å². The van der Waals surface area contributed by atoms with Gasteiger partial charge >= 0.3 is 11.9 Å². The van der Waals surface area contributed by atoms with Crippen LogP contribution in [0.3, 0.4) is 0 Å². The van der Waals surface area contributed by atoms with Crippen molar-refractivity contribution < 1.29 is 43.8 Å². The fourth-order valence-electron chi connectivity index (χ4n) is 7.84. The predicted molar refractivity (Wildman–Crippen MR) is 226 cm³/mol. The first kappa shape index (κ1) is 43.6. The van der Waals surface area contributed by atoms with Gasteiger partial charge in [0.1, 0.15) is 12.6 Å². The number of carbonyl (C=O) groups is 3. The van der Waals surface area contributed by atoms with Crippen LogP contribution in [0.4, 0.5) is 11.4 Å². The van der Waals surface area contributed by atoms with Crippen molar-refractivity contribution in [3.8, 4) is 0 Å². The molecule has 11 nitrogen and oxygen atoms in total. The third-order valence-corrected chi connectivity index (χ3v) is 11.6. The minimum atomic E-state index is -1.46. The van der Waals surface area contributed by atoms with Gasteiger partial charge in [-0.15, -0.1) is 0 Å². The number of carboxylic acids is 2. The number of fused-ring (bicyclic) bond motifs is 4. The highest BCUT2D eigenvalue weighted by Gasteiger charge is 2.45. The highest BCUT2D eigenvalue weighted by molar-refractivity contribution is 9.10. The Morgan fingerprint density at radius 1 is 0.947 bits per heavy atom. The number of halogens is 1. The number of anilines is 1. The normalized spacial score (nSPS) is 17.0. The standard InChI is InChI=1S/C44H50BrN3O8S/c1-43(2)33-23-22-31(45)28-36(33)48(25-13-12-20-39(49)46-34(42(52)53)29-40(50)51)37(43)18-8-6-5-7-9-19-38-44(3,4)41-32-17-11-10-16-30(32)21-24-35(41)47(38)26-14-15-27-57-56-55-54/h5-11,16-19,21-24,28,34H,12-15,20,25-27,29H2,1-4H3,(H3-,46,49,50,51,52,53,54). The highest BCUT2D eigenvalue weighted by Crippen LogP contribution is 2.49. The largest absolute Gasteiger partial charge is 0.691 e. The number of carbonyl (C=O) groups excluding carboxylic acids is 1. The van der Waals surface area contributed by atoms with Gasteiger partial charge in [0.15, 0.2) is 5.71 Å². The lowest BCUT2D eigenvalue weighted by Gasteiger charge is -2.27. The van der Waals surface area contributed by atoms with E-state index >= 15 is 0 Å². The second-order valence-electron chi connectivity index (χ2n) is 15.1. The minimum Gasteiger partial charge on any atom is -0.691 e. The van der Waals surface area contributed by atoms with Crippen LogP contribution in [0.25, 0.3) is 10.8 Å². The van der Waals surface area contributed by atoms with E-state index in [0.29, 0.717) is 25.1 Å². The van der Waals surface area contributed by atoms with Crippen LogP contribution >= 0.6 is 28.0 Å². The summed E-state index contributed by atoms with van der Waals surface area (Å²) in [4.78, 5) is 37.1. The van der Waals surface area contributed by atoms with Gasteiger partial charge in [0, 0.05) is 76.2 Å². The fourth-order valence-corrected chi connectivity index (χ4v) is 8.62. The third-order valence-electron chi connectivity index (χ3n) is 10.5. The lowest BCUT2D eigenvalue weighted by Crippen LogP contribution is -2.42. The van der Waals surface area contributed by atoms with Crippen LogP contribution < -0.4 is 15.5 Å². The van der Waals surface area contributed by atoms with Crippen molar-refractivity contribution in [2.75, 3.05) is 23.7 Å². The fraction of sp³-hybridized carbons (Fsp3) is 0.364. The van der Waals surface area contributed by atoms with Gasteiger partial charge in [-0.3, -0.25) is 14.6 Å². The van der Waals surface area contributed by atoms with E-state index in [1.807, 2.05) is 30.4 Å². The molecule has 0 bridgehead atoms. The number of amides is 1. The molecule has 13 heteroatoms. The highest BCUT2D eigenvalue weighted by atomic mass is 79.9. The number of aliphatic carboxylic acids is 2. The summed E-state index contributed by atoms with van der Waals surface area (Å²) in [6.07, 6.45) is 16.9. The Hall–Kier alpha value is -4.53. The summed E-state index contributed by atoms with van der Waals surface area (Å²) in [6.45, 7) is 10.4. The molecule has 0 spiro atoms. The molecule has 3 N–H and O–H groups in total. The third kappa shape index (κ3) is 10.5. The molecule has 2 aliphatic rings. The number of unbranched alkanes of at least 4 members (excludes halogenated alkanes) is 2. The Balaban J connectivity index is 1.29. The van der Waals surface area contributed by atoms with E-state index in [4.69, 9.17) is 5.11 Å². The van der Waals surface area contributed by atoms with E-state index in [2.05, 4.69) is 135 Å². The van der Waals surface area contributed by atoms with Crippen molar-refractivity contribution in [2.24, 2.45) is 0 Å². The smallest absolute Gasteiger partial charge is 0.326 e. The molecular weight excluding hydrogens is 810 g/mol. The second-order valence-corrected chi connectivity index (χ2v) is 16.8. The molecule has 57 heavy (non-hydrogen) atoms. The number of carboxylic acid groups (broad SMARTS) is 2. The summed E-state index contributed by atoms with van der Waals surface area (Å²) in [7, 11) is 0. The first-order valence-corrected chi connectivity index (χ1v) is 20.8. The topological polar surface area (TPSA) is 151 Å². The van der Waals surface area contributed by atoms with Crippen LogP contribution in [0.15, 0.2) is 107 Å². The molecule has 0 radical (unpaired) electrons. The Labute approximate surface area is 346 Å². The monoisotopic (exact) mass is 859 g/mol. The second kappa shape index (κ2) is 19.8. The molecule has 0 aromatic heterocycles. The molecule has 2 heterocycles. The van der Waals surface area contributed by atoms with Gasteiger partial charge in [0.2, 0.25) is 11.6 Å². The summed E-state index contributed by atoms with van der Waals surface area (Å²) in [6, 6.07) is 17.7. The Morgan fingerprint density at radius 2 is 1.70 bits per heavy atom. The summed E-state index contributed by atoms with van der Waals surface area (Å²) < 4.78 is 7.81. The molecule has 0 aliphatic carbocycles. The van der Waals surface area contributed by atoms with Crippen LogP contribution in [-0.4, -0.2) is 63.2 Å². The van der Waals surface area contributed by atoms with E-state index in [9.17, 15) is 24.7 Å². The number of allylic oxidation sites excluding steroid dienone is 8. The maximum atomic E-state index is 12.5. The Bertz CT molecular complexity index is 2120. The summed E-state index contributed by atoms with van der Waals surface area (Å²) in [5, 5.41) is 36.7. The molecule has 302 valence electrons. The molecule has 0 saturated heterocycles. The molecule has 1 unspecified atom stereocenters. The Morgan fingerprint density at radius 3 is 2.46 bits per heavy atom. The summed E-state index contributed by atoms with van der Waals surface area (Å²) >= 11 is 4.65. The van der Waals surface area contributed by atoms with Crippen molar-refractivity contribution >= 4 is 73.7 Å². The SMILES string of the molecule is CC1(C)C(/C=C/C=C/C=C/C=C2/N(CCCCC(=O)NC(CC(=O)O)C(=O)O)c3cc(Br)ccc3C2(C)C)=[N+](CCCCSOO[O-])c2ccc3ccccc3c21. The van der Waals surface area contributed by atoms with Crippen LogP contribution in [0.5, 0.6) is 0 Å². The first-order valence-electron chi connectivity index (χ1n) is 19.1. The van der Waals surface area contributed by atoms with E-state index in [-0.39, 0.29) is 17.3 Å². The van der Waals surface area contributed by atoms with E-state index in [0.717, 1.165) is 47.3 Å². The summed E-state index contributed by atoms with van der Waals surface area (Å²) in [5.74, 6) is -2.49. The number of nitrogens with zero attached hydrogens (tertiary/aromatic N) is 2. The molecule has 1 amide bonds. The molecule has 3 aromatic rings. The van der Waals surface area contributed by atoms with E-state index in [1.165, 1.54) is 33.3 Å². The van der Waals surface area contributed by atoms with Crippen LogP contribution in [0.2, 0.25) is 0 Å². The molecule has 0 saturated carbocycles. The summed E-state index contributed by atoms with van der Waals surface area (Å²) in [5.41, 5.74) is 6.61. The van der Waals surface area contributed by atoms with Gasteiger partial charge < -0.3 is 25.7 Å². The van der Waals surface area contributed by atoms with Gasteiger partial charge in [0.25, 0.3) is 0 Å². The van der Waals surface area contributed by atoms with Crippen molar-refractivity contribution in [2.45, 2.75) is 83.1 Å². The minimum absolute atomic E-state index is 0.0912. The molecule has 0 fully saturated rings. The van der Waals surface area contributed by atoms with Crippen molar-refractivity contribution in [3.63, 3.8) is 0 Å². The van der Waals surface area contributed by atoms with E-state index < -0.39 is 30.3 Å². The zero-order chi connectivity index (χ0) is 41.2. The lowest BCUT2D eigenvalue weighted by molar-refractivity contribution is -0.777. The average Bonchev–Trinajstić information content (AvgIpc) is 3.51. The molecule has 1 atom stereocenters. The van der Waals surface area contributed by atoms with Gasteiger partial charge in [0.05, 0.1) is 11.8 Å². The number of benzene rings is 3. The van der Waals surface area contributed by atoms with Crippen LogP contribution in [-0.2, 0) is 34.6 Å². The number of rotatable bonds is 20. The number of nitrogens with one attached hydrogen (secondary N) is 1. The molecule has 2 aliphatic heterocycles. The quantitative estimate of drug-likeness (QED) is 0.0253. The van der Waals surface area contributed by atoms with Gasteiger partial charge in [-0.05, 0) is 73.7 Å². The zero-order valence-corrected chi connectivity index (χ0v) is 35.1. The number of hydrogen-bond donors (Lipinski definition) is 3. The van der Waals surface area contributed by atoms with E-state index in [1.54, 1.807) is 0 Å². The average molecular weight is 861 g/mol. The number of hydrogen-bond acceptors (Lipinski definition) is 8. The maximum absolute atomic E-state index is 12.5. The van der Waals surface area contributed by atoms with Gasteiger partial charge in [-0.2, -0.15) is 8.91 Å². The Kier molecular flexibility index (Phi) is 15.1. The lowest BCUT2D eigenvalue weighted by atomic mass is 9.79. The van der Waals surface area contributed by atoms with Crippen molar-refractivity contribution in [3.05, 3.63) is 118 Å². The molecule has 3 aromatic carbocycles.